The highest BCUT2D eigenvalue weighted by Crippen LogP contribution is 2.06. The molecule has 0 aliphatic heterocycles. The summed E-state index contributed by atoms with van der Waals surface area (Å²) in [7, 11) is 3.34. The van der Waals surface area contributed by atoms with Crippen LogP contribution in [-0.2, 0) is 9.53 Å². The maximum Gasteiger partial charge on any atom is 0.234 e. The highest BCUT2D eigenvalue weighted by molar-refractivity contribution is 5.78. The van der Waals surface area contributed by atoms with E-state index < -0.39 is 6.10 Å². The molecule has 1 unspecified atom stereocenters. The molecule has 0 heterocycles. The number of ether oxygens (including phenoxy) is 1. The first-order valence-corrected chi connectivity index (χ1v) is 5.97. The number of carbonyl (C=O) groups excluding carboxylic acids is 1. The second-order valence-corrected chi connectivity index (χ2v) is 5.09. The summed E-state index contributed by atoms with van der Waals surface area (Å²) in [6.07, 6.45) is 0.325. The number of hydrogen-bond acceptors (Lipinski definition) is 4. The first-order valence-electron chi connectivity index (χ1n) is 5.97. The molecule has 0 aromatic heterocycles. The summed E-state index contributed by atoms with van der Waals surface area (Å²) in [5.41, 5.74) is -0.178. The van der Waals surface area contributed by atoms with Gasteiger partial charge in [-0.25, -0.2) is 0 Å². The van der Waals surface area contributed by atoms with Gasteiger partial charge in [0.25, 0.3) is 0 Å². The number of amides is 1. The Balaban J connectivity index is 3.95. The molecule has 0 saturated heterocycles. The molecule has 0 aromatic rings. The van der Waals surface area contributed by atoms with E-state index in [-0.39, 0.29) is 24.6 Å². The molecule has 0 saturated carbocycles. The van der Waals surface area contributed by atoms with Gasteiger partial charge in [0.05, 0.1) is 19.3 Å². The maximum atomic E-state index is 11.7. The zero-order valence-electron chi connectivity index (χ0n) is 11.6. The van der Waals surface area contributed by atoms with Gasteiger partial charge in [-0.1, -0.05) is 6.92 Å². The second kappa shape index (κ2) is 7.63. The number of aliphatic hydroxyl groups is 1. The van der Waals surface area contributed by atoms with Crippen LogP contribution >= 0.6 is 0 Å². The summed E-state index contributed by atoms with van der Waals surface area (Å²) < 4.78 is 4.83. The van der Waals surface area contributed by atoms with E-state index in [0.29, 0.717) is 6.54 Å². The van der Waals surface area contributed by atoms with Gasteiger partial charge < -0.3 is 15.2 Å². The fourth-order valence-electron chi connectivity index (χ4n) is 1.42. The number of hydrogen-bond donors (Lipinski definition) is 2. The Morgan fingerprint density at radius 2 is 2.12 bits per heavy atom. The van der Waals surface area contributed by atoms with Crippen molar-refractivity contribution in [2.45, 2.75) is 38.8 Å². The van der Waals surface area contributed by atoms with Crippen LogP contribution in [0.2, 0.25) is 0 Å². The van der Waals surface area contributed by atoms with Gasteiger partial charge in [-0.05, 0) is 27.3 Å². The minimum atomic E-state index is -0.558. The molecule has 1 atom stereocenters. The molecule has 5 heteroatoms. The van der Waals surface area contributed by atoms with Gasteiger partial charge in [-0.2, -0.15) is 0 Å². The predicted octanol–water partition coefficient (Wildman–Crippen LogP) is 0.230. The highest BCUT2D eigenvalue weighted by Gasteiger charge is 2.19. The van der Waals surface area contributed by atoms with Gasteiger partial charge in [0.2, 0.25) is 5.91 Å². The predicted molar refractivity (Wildman–Crippen MR) is 67.9 cm³/mol. The van der Waals surface area contributed by atoms with E-state index in [2.05, 4.69) is 5.32 Å². The van der Waals surface area contributed by atoms with Crippen LogP contribution in [0.3, 0.4) is 0 Å². The van der Waals surface area contributed by atoms with Crippen molar-refractivity contribution in [3.05, 3.63) is 0 Å². The lowest BCUT2D eigenvalue weighted by molar-refractivity contribution is -0.123. The Bertz CT molecular complexity index is 232. The zero-order valence-corrected chi connectivity index (χ0v) is 11.6. The summed E-state index contributed by atoms with van der Waals surface area (Å²) in [5, 5.41) is 12.5. The van der Waals surface area contributed by atoms with E-state index in [1.165, 1.54) is 0 Å². The van der Waals surface area contributed by atoms with Crippen LogP contribution in [-0.4, -0.2) is 61.4 Å². The molecular formula is C12H26N2O3. The van der Waals surface area contributed by atoms with Crippen LogP contribution in [0.1, 0.15) is 27.2 Å². The van der Waals surface area contributed by atoms with Crippen molar-refractivity contribution in [2.24, 2.45) is 0 Å². The molecule has 0 radical (unpaired) electrons. The smallest absolute Gasteiger partial charge is 0.234 e. The van der Waals surface area contributed by atoms with Crippen molar-refractivity contribution in [3.63, 3.8) is 0 Å². The zero-order chi connectivity index (χ0) is 13.5. The minimum absolute atomic E-state index is 0.0241. The molecule has 102 valence electrons. The molecular weight excluding hydrogens is 220 g/mol. The molecule has 0 aliphatic carbocycles. The normalized spacial score (nSPS) is 13.8. The fourth-order valence-corrected chi connectivity index (χ4v) is 1.42. The Morgan fingerprint density at radius 1 is 1.53 bits per heavy atom. The van der Waals surface area contributed by atoms with E-state index in [0.717, 1.165) is 6.42 Å². The molecule has 5 nitrogen and oxygen atoms in total. The highest BCUT2D eigenvalue weighted by atomic mass is 16.5. The molecule has 2 N–H and O–H groups in total. The Labute approximate surface area is 104 Å². The number of nitrogens with zero attached hydrogens (tertiary/aromatic N) is 1. The van der Waals surface area contributed by atoms with Crippen molar-refractivity contribution in [2.75, 3.05) is 33.9 Å². The molecule has 0 aliphatic rings. The van der Waals surface area contributed by atoms with Crippen LogP contribution in [0.25, 0.3) is 0 Å². The summed E-state index contributed by atoms with van der Waals surface area (Å²) in [6, 6.07) is 0. The van der Waals surface area contributed by atoms with Crippen LogP contribution < -0.4 is 5.32 Å². The molecule has 0 bridgehead atoms. The monoisotopic (exact) mass is 246 g/mol. The van der Waals surface area contributed by atoms with E-state index in [4.69, 9.17) is 4.74 Å². The Morgan fingerprint density at radius 3 is 2.59 bits per heavy atom. The SMILES string of the molecule is CCC(C)(C)NC(=O)CN(C)CC(O)COC. The molecule has 17 heavy (non-hydrogen) atoms. The summed E-state index contributed by atoms with van der Waals surface area (Å²) in [4.78, 5) is 13.5. The summed E-state index contributed by atoms with van der Waals surface area (Å²) >= 11 is 0. The van der Waals surface area contributed by atoms with Crippen molar-refractivity contribution < 1.29 is 14.6 Å². The number of aliphatic hydroxyl groups excluding tert-OH is 1. The van der Waals surface area contributed by atoms with Crippen LogP contribution in [0.4, 0.5) is 0 Å². The third kappa shape index (κ3) is 8.12. The van der Waals surface area contributed by atoms with E-state index in [9.17, 15) is 9.90 Å². The lowest BCUT2D eigenvalue weighted by Crippen LogP contribution is -2.47. The summed E-state index contributed by atoms with van der Waals surface area (Å²) in [5.74, 6) is -0.0241. The van der Waals surface area contributed by atoms with Crippen molar-refractivity contribution >= 4 is 5.91 Å². The number of nitrogens with one attached hydrogen (secondary N) is 1. The third-order valence-electron chi connectivity index (χ3n) is 2.66. The maximum absolute atomic E-state index is 11.7. The number of likely N-dealkylation sites (N-methyl/N-ethyl adjacent to an activating group) is 1. The van der Waals surface area contributed by atoms with Crippen molar-refractivity contribution in [1.82, 2.24) is 10.2 Å². The fraction of sp³-hybridized carbons (Fsp3) is 0.917. The van der Waals surface area contributed by atoms with Crippen LogP contribution in [0.15, 0.2) is 0 Å². The van der Waals surface area contributed by atoms with Gasteiger partial charge in [0, 0.05) is 19.2 Å². The third-order valence-corrected chi connectivity index (χ3v) is 2.66. The second-order valence-electron chi connectivity index (χ2n) is 5.09. The first-order chi connectivity index (χ1) is 7.80. The van der Waals surface area contributed by atoms with Crippen LogP contribution in [0, 0.1) is 0 Å². The quantitative estimate of drug-likeness (QED) is 0.643. The van der Waals surface area contributed by atoms with Crippen molar-refractivity contribution in [3.8, 4) is 0 Å². The van der Waals surface area contributed by atoms with Crippen LogP contribution in [0.5, 0.6) is 0 Å². The number of rotatable bonds is 8. The van der Waals surface area contributed by atoms with Gasteiger partial charge in [0.1, 0.15) is 0 Å². The Hall–Kier alpha value is -0.650. The van der Waals surface area contributed by atoms with E-state index in [1.54, 1.807) is 19.1 Å². The van der Waals surface area contributed by atoms with Crippen molar-refractivity contribution in [1.29, 1.82) is 0 Å². The van der Waals surface area contributed by atoms with E-state index >= 15 is 0 Å². The number of carbonyl (C=O) groups is 1. The minimum Gasteiger partial charge on any atom is -0.389 e. The standard InChI is InChI=1S/C12H26N2O3/c1-6-12(2,3)13-11(16)8-14(4)7-10(15)9-17-5/h10,15H,6-9H2,1-5H3,(H,13,16). The average molecular weight is 246 g/mol. The molecule has 0 spiro atoms. The Kier molecular flexibility index (Phi) is 7.34. The largest absolute Gasteiger partial charge is 0.389 e. The molecule has 0 aromatic carbocycles. The van der Waals surface area contributed by atoms with Gasteiger partial charge in [-0.3, -0.25) is 9.69 Å². The van der Waals surface area contributed by atoms with Gasteiger partial charge in [0.15, 0.2) is 0 Å². The lowest BCUT2D eigenvalue weighted by Gasteiger charge is -2.26. The first kappa shape index (κ1) is 16.4. The lowest BCUT2D eigenvalue weighted by atomic mass is 10.0. The average Bonchev–Trinajstić information content (AvgIpc) is 2.16. The van der Waals surface area contributed by atoms with Gasteiger partial charge in [-0.15, -0.1) is 0 Å². The number of methoxy groups -OCH3 is 1. The topological polar surface area (TPSA) is 61.8 Å². The van der Waals surface area contributed by atoms with Gasteiger partial charge >= 0.3 is 0 Å². The molecule has 0 fully saturated rings. The van der Waals surface area contributed by atoms with E-state index in [1.807, 2.05) is 20.8 Å². The molecule has 1 amide bonds. The molecule has 0 rings (SSSR count). The summed E-state index contributed by atoms with van der Waals surface area (Å²) in [6.45, 7) is 7.01.